The van der Waals surface area contributed by atoms with Crippen molar-refractivity contribution in [1.82, 2.24) is 15.1 Å². The summed E-state index contributed by atoms with van der Waals surface area (Å²) in [5.41, 5.74) is 2.46. The number of carbonyl (C=O) groups is 2. The Morgan fingerprint density at radius 3 is 2.46 bits per heavy atom. The third-order valence-electron chi connectivity index (χ3n) is 5.05. The lowest BCUT2D eigenvalue weighted by molar-refractivity contribution is -0.125. The molecule has 2 N–H and O–H groups in total. The Balaban J connectivity index is 1.86. The van der Waals surface area contributed by atoms with Gasteiger partial charge in [0, 0.05) is 32.5 Å². The first-order valence-electron chi connectivity index (χ1n) is 9.96. The Labute approximate surface area is 166 Å². The molecule has 0 saturated carbocycles. The van der Waals surface area contributed by atoms with Crippen molar-refractivity contribution >= 4 is 23.3 Å². The third-order valence-corrected chi connectivity index (χ3v) is 5.05. The van der Waals surface area contributed by atoms with Crippen molar-refractivity contribution in [2.24, 2.45) is 5.92 Å². The van der Waals surface area contributed by atoms with Crippen LogP contribution >= 0.6 is 0 Å². The molecular formula is C21H29N5O2. The highest BCUT2D eigenvalue weighted by Gasteiger charge is 2.29. The molecule has 1 saturated heterocycles. The average Bonchev–Trinajstić information content (AvgIpc) is 3.02. The van der Waals surface area contributed by atoms with Gasteiger partial charge in [0.05, 0.1) is 11.4 Å². The molecule has 1 fully saturated rings. The fourth-order valence-corrected chi connectivity index (χ4v) is 3.62. The molecule has 2 aromatic rings. The molecule has 0 radical (unpaired) electrons. The Bertz CT molecular complexity index is 823. The van der Waals surface area contributed by atoms with Crippen LogP contribution in [0.2, 0.25) is 0 Å². The molecule has 0 spiro atoms. The number of nitrogens with one attached hydrogen (secondary N) is 2. The number of hydrogen-bond donors (Lipinski definition) is 2. The number of rotatable bonds is 6. The maximum Gasteiger partial charge on any atom is 0.223 e. The van der Waals surface area contributed by atoms with Crippen LogP contribution in [-0.4, -0.2) is 41.2 Å². The first-order chi connectivity index (χ1) is 13.5. The predicted octanol–water partition coefficient (Wildman–Crippen LogP) is 2.88. The largest absolute Gasteiger partial charge is 0.356 e. The number of aryl methyl sites for hydroxylation is 1. The molecule has 7 heteroatoms. The van der Waals surface area contributed by atoms with Gasteiger partial charge in [-0.25, -0.2) is 4.68 Å². The summed E-state index contributed by atoms with van der Waals surface area (Å²) in [6, 6.07) is 9.91. The lowest BCUT2D eigenvalue weighted by Gasteiger charge is -2.33. The second kappa shape index (κ2) is 8.91. The third kappa shape index (κ3) is 4.35. The van der Waals surface area contributed by atoms with Crippen molar-refractivity contribution in [3.63, 3.8) is 0 Å². The number of carbonyl (C=O) groups excluding carboxylic acids is 2. The Morgan fingerprint density at radius 1 is 1.18 bits per heavy atom. The molecule has 28 heavy (non-hydrogen) atoms. The van der Waals surface area contributed by atoms with Crippen LogP contribution in [0.3, 0.4) is 0 Å². The van der Waals surface area contributed by atoms with Gasteiger partial charge in [-0.1, -0.05) is 25.1 Å². The molecule has 2 amide bonds. The minimum absolute atomic E-state index is 0.0428. The van der Waals surface area contributed by atoms with Crippen LogP contribution in [0.1, 0.15) is 38.8 Å². The molecule has 1 aromatic carbocycles. The van der Waals surface area contributed by atoms with E-state index in [9.17, 15) is 9.59 Å². The number of nitrogens with zero attached hydrogens (tertiary/aromatic N) is 3. The highest BCUT2D eigenvalue weighted by Crippen LogP contribution is 2.34. The van der Waals surface area contributed by atoms with Crippen LogP contribution in [0.5, 0.6) is 0 Å². The Kier molecular flexibility index (Phi) is 6.34. The molecule has 0 aliphatic carbocycles. The molecule has 1 aliphatic rings. The van der Waals surface area contributed by atoms with Gasteiger partial charge in [-0.2, -0.15) is 5.10 Å². The van der Waals surface area contributed by atoms with E-state index < -0.39 is 0 Å². The van der Waals surface area contributed by atoms with Crippen LogP contribution in [0.15, 0.2) is 30.3 Å². The Morgan fingerprint density at radius 2 is 1.86 bits per heavy atom. The summed E-state index contributed by atoms with van der Waals surface area (Å²) in [7, 11) is 0. The molecule has 0 unspecified atom stereocenters. The van der Waals surface area contributed by atoms with E-state index in [1.54, 1.807) is 0 Å². The van der Waals surface area contributed by atoms with Crippen molar-refractivity contribution in [2.75, 3.05) is 29.9 Å². The van der Waals surface area contributed by atoms with Gasteiger partial charge >= 0.3 is 0 Å². The molecule has 2 heterocycles. The molecule has 150 valence electrons. The number of amides is 2. The van der Waals surface area contributed by atoms with E-state index in [1.165, 1.54) is 6.92 Å². The van der Waals surface area contributed by atoms with E-state index in [0.29, 0.717) is 0 Å². The van der Waals surface area contributed by atoms with Gasteiger partial charge in [-0.05, 0) is 38.3 Å². The second-order valence-corrected chi connectivity index (χ2v) is 7.26. The standard InChI is InChI=1S/C21H29N5O2/c1-4-12-22-20(28)17-10-13-25(14-11-17)21-19(23-16(3)27)15(2)24-26(21)18-8-6-5-7-9-18/h5-9,17H,4,10-14H2,1-3H3,(H,22,28)(H,23,27). The highest BCUT2D eigenvalue weighted by atomic mass is 16.2. The van der Waals surface area contributed by atoms with Gasteiger partial charge in [0.15, 0.2) is 5.82 Å². The van der Waals surface area contributed by atoms with Crippen LogP contribution in [0, 0.1) is 12.8 Å². The summed E-state index contributed by atoms with van der Waals surface area (Å²) in [4.78, 5) is 26.3. The zero-order valence-electron chi connectivity index (χ0n) is 16.9. The summed E-state index contributed by atoms with van der Waals surface area (Å²) < 4.78 is 1.89. The zero-order valence-corrected chi connectivity index (χ0v) is 16.9. The SMILES string of the molecule is CCCNC(=O)C1CCN(c2c(NC(C)=O)c(C)nn2-c2ccccc2)CC1. The van der Waals surface area contributed by atoms with E-state index in [2.05, 4.69) is 27.6 Å². The zero-order chi connectivity index (χ0) is 20.1. The normalized spacial score (nSPS) is 14.8. The van der Waals surface area contributed by atoms with Crippen molar-refractivity contribution in [2.45, 2.75) is 40.0 Å². The van der Waals surface area contributed by atoms with E-state index >= 15 is 0 Å². The Hall–Kier alpha value is -2.83. The highest BCUT2D eigenvalue weighted by molar-refractivity contribution is 5.93. The monoisotopic (exact) mass is 383 g/mol. The van der Waals surface area contributed by atoms with E-state index in [0.717, 1.165) is 61.8 Å². The van der Waals surface area contributed by atoms with Gasteiger partial charge in [-0.15, -0.1) is 0 Å². The fourth-order valence-electron chi connectivity index (χ4n) is 3.62. The smallest absolute Gasteiger partial charge is 0.223 e. The van der Waals surface area contributed by atoms with Crippen LogP contribution in [-0.2, 0) is 9.59 Å². The molecule has 1 aromatic heterocycles. The van der Waals surface area contributed by atoms with Crippen LogP contribution in [0.25, 0.3) is 5.69 Å². The summed E-state index contributed by atoms with van der Waals surface area (Å²) in [6.07, 6.45) is 2.52. The minimum atomic E-state index is -0.120. The van der Waals surface area contributed by atoms with Gasteiger partial charge < -0.3 is 15.5 Å². The summed E-state index contributed by atoms with van der Waals surface area (Å²) >= 11 is 0. The molecule has 0 atom stereocenters. The van der Waals surface area contributed by atoms with Crippen LogP contribution in [0.4, 0.5) is 11.5 Å². The topological polar surface area (TPSA) is 79.3 Å². The molecule has 7 nitrogen and oxygen atoms in total. The van der Waals surface area contributed by atoms with Gasteiger partial charge in [0.25, 0.3) is 0 Å². The van der Waals surface area contributed by atoms with Crippen molar-refractivity contribution < 1.29 is 9.59 Å². The molecular weight excluding hydrogens is 354 g/mol. The number of benzene rings is 1. The molecule has 0 bridgehead atoms. The number of piperidine rings is 1. The maximum absolute atomic E-state index is 12.3. The first-order valence-corrected chi connectivity index (χ1v) is 9.96. The lowest BCUT2D eigenvalue weighted by Crippen LogP contribution is -2.41. The van der Waals surface area contributed by atoms with Crippen molar-refractivity contribution in [1.29, 1.82) is 0 Å². The lowest BCUT2D eigenvalue weighted by atomic mass is 9.95. The second-order valence-electron chi connectivity index (χ2n) is 7.26. The maximum atomic E-state index is 12.3. The first kappa shape index (κ1) is 19.9. The van der Waals surface area contributed by atoms with E-state index in [-0.39, 0.29) is 17.7 Å². The molecule has 1 aliphatic heterocycles. The number of para-hydroxylation sites is 1. The van der Waals surface area contributed by atoms with E-state index in [4.69, 9.17) is 0 Å². The minimum Gasteiger partial charge on any atom is -0.356 e. The number of hydrogen-bond acceptors (Lipinski definition) is 4. The summed E-state index contributed by atoms with van der Waals surface area (Å²) in [5.74, 6) is 0.953. The number of anilines is 2. The van der Waals surface area contributed by atoms with Gasteiger partial charge in [0.1, 0.15) is 5.69 Å². The molecule has 3 rings (SSSR count). The average molecular weight is 383 g/mol. The summed E-state index contributed by atoms with van der Waals surface area (Å²) in [6.45, 7) is 7.68. The van der Waals surface area contributed by atoms with Crippen molar-refractivity contribution in [3.8, 4) is 5.69 Å². The number of aromatic nitrogens is 2. The quantitative estimate of drug-likeness (QED) is 0.804. The van der Waals surface area contributed by atoms with Crippen LogP contribution < -0.4 is 15.5 Å². The summed E-state index contributed by atoms with van der Waals surface area (Å²) in [5, 5.41) is 10.6. The van der Waals surface area contributed by atoms with Gasteiger partial charge in [-0.3, -0.25) is 9.59 Å². The van der Waals surface area contributed by atoms with Crippen molar-refractivity contribution in [3.05, 3.63) is 36.0 Å². The van der Waals surface area contributed by atoms with Gasteiger partial charge in [0.2, 0.25) is 11.8 Å². The predicted molar refractivity (Wildman–Crippen MR) is 111 cm³/mol. The van der Waals surface area contributed by atoms with E-state index in [1.807, 2.05) is 41.9 Å². The fraction of sp³-hybridized carbons (Fsp3) is 0.476.